The molecule has 2 heterocycles. The van der Waals surface area contributed by atoms with Crippen LogP contribution in [0.1, 0.15) is 60.4 Å². The molecular formula is C25H33N5O2S2. The first-order valence-corrected chi connectivity index (χ1v) is 13.0. The first-order valence-electron chi connectivity index (χ1n) is 11.4. The minimum absolute atomic E-state index is 0.0933. The summed E-state index contributed by atoms with van der Waals surface area (Å²) in [7, 11) is 3.82. The molecule has 0 saturated carbocycles. The molecule has 0 fully saturated rings. The Balaban J connectivity index is 0.000000196. The number of aryl methyl sites for hydroxylation is 2. The van der Waals surface area contributed by atoms with Crippen molar-refractivity contribution in [2.75, 3.05) is 33.0 Å². The highest BCUT2D eigenvalue weighted by Gasteiger charge is 2.37. The van der Waals surface area contributed by atoms with Crippen molar-refractivity contribution in [3.8, 4) is 0 Å². The zero-order valence-electron chi connectivity index (χ0n) is 20.3. The number of hydrogen-bond acceptors (Lipinski definition) is 6. The summed E-state index contributed by atoms with van der Waals surface area (Å²) in [5, 5.41) is 20.6. The third kappa shape index (κ3) is 4.85. The normalized spacial score (nSPS) is 23.3. The van der Waals surface area contributed by atoms with E-state index in [0.29, 0.717) is 16.4 Å². The first kappa shape index (κ1) is 26.2. The molecule has 2 atom stereocenters. The molecule has 4 rings (SSSR count). The number of nitrogens with zero attached hydrogens (tertiary/aromatic N) is 4. The third-order valence-corrected chi connectivity index (χ3v) is 8.93. The van der Waals surface area contributed by atoms with Crippen LogP contribution in [0.25, 0.3) is 9.69 Å². The number of nitrogen functional groups attached to an aromatic ring is 1. The van der Waals surface area contributed by atoms with Gasteiger partial charge in [0.15, 0.2) is 0 Å². The van der Waals surface area contributed by atoms with Crippen molar-refractivity contribution in [2.24, 2.45) is 4.99 Å². The van der Waals surface area contributed by atoms with Gasteiger partial charge in [-0.15, -0.1) is 22.7 Å². The Hall–Kier alpha value is -2.43. The van der Waals surface area contributed by atoms with E-state index in [9.17, 15) is 10.2 Å². The largest absolute Gasteiger partial charge is 0.399 e. The Kier molecular flexibility index (Phi) is 8.05. The summed E-state index contributed by atoms with van der Waals surface area (Å²) >= 11 is 3.11. The number of thiophene rings is 2. The molecule has 0 spiro atoms. The van der Waals surface area contributed by atoms with Gasteiger partial charge in [-0.3, -0.25) is 0 Å². The zero-order chi connectivity index (χ0) is 25.1. The second kappa shape index (κ2) is 10.5. The van der Waals surface area contributed by atoms with Crippen LogP contribution in [-0.2, 0) is 23.7 Å². The van der Waals surface area contributed by atoms with Crippen molar-refractivity contribution < 1.29 is 10.2 Å². The predicted octanol–water partition coefficient (Wildman–Crippen LogP) is 5.57. The van der Waals surface area contributed by atoms with E-state index in [0.717, 1.165) is 54.7 Å². The number of rotatable bonds is 4. The lowest BCUT2D eigenvalue weighted by Gasteiger charge is -2.32. The molecule has 0 aliphatic heterocycles. The summed E-state index contributed by atoms with van der Waals surface area (Å²) in [5.74, 6) is 0. The molecule has 0 saturated heterocycles. The average Bonchev–Trinajstić information content (AvgIpc) is 3.36. The number of aliphatic hydroxyl groups excluding tert-OH is 2. The smallest absolute Gasteiger partial charge is 0.227 e. The number of aliphatic hydroxyl groups is 2. The minimum Gasteiger partial charge on any atom is -0.399 e. The van der Waals surface area contributed by atoms with Gasteiger partial charge >= 0.3 is 0 Å². The maximum Gasteiger partial charge on any atom is 0.227 e. The quantitative estimate of drug-likeness (QED) is 0.291. The first-order chi connectivity index (χ1) is 16.1. The Labute approximate surface area is 210 Å². The van der Waals surface area contributed by atoms with E-state index in [1.54, 1.807) is 17.7 Å². The van der Waals surface area contributed by atoms with E-state index in [1.807, 2.05) is 32.8 Å². The zero-order valence-corrected chi connectivity index (χ0v) is 21.9. The average molecular weight is 500 g/mol. The van der Waals surface area contributed by atoms with Gasteiger partial charge in [-0.25, -0.2) is 14.7 Å². The summed E-state index contributed by atoms with van der Waals surface area (Å²) in [6.07, 6.45) is 7.73. The van der Waals surface area contributed by atoms with Gasteiger partial charge in [-0.05, 0) is 59.4 Å². The summed E-state index contributed by atoms with van der Waals surface area (Å²) in [5.41, 5.74) is 8.54. The molecule has 34 heavy (non-hydrogen) atoms. The van der Waals surface area contributed by atoms with Gasteiger partial charge in [0, 0.05) is 24.9 Å². The van der Waals surface area contributed by atoms with Crippen molar-refractivity contribution in [1.29, 1.82) is 0 Å². The molecule has 0 aromatic carbocycles. The van der Waals surface area contributed by atoms with Gasteiger partial charge in [0.2, 0.25) is 11.4 Å². The molecule has 2 aromatic heterocycles. The fraction of sp³-hybridized carbons (Fsp3) is 0.560. The number of hydrogen-bond donors (Lipinski definition) is 3. The van der Waals surface area contributed by atoms with Gasteiger partial charge in [-0.2, -0.15) is 0 Å². The maximum absolute atomic E-state index is 9.70. The predicted molar refractivity (Wildman–Crippen MR) is 142 cm³/mol. The standard InChI is InChI=1S/C14H19N3OS.C11H14N2OS/c1-14(8-18)7-5-6-10-11(14)12(15-2)13(19-10)16-9-17(3)4;1-11(6-14)5-3-4-7-8(11)9(13-2)10(12)15-7/h9,18H,5-8H2,1,3-4H3;14H,3-6,12H2,1H3/t14-;11-/m11/s1. The van der Waals surface area contributed by atoms with Gasteiger partial charge in [0.25, 0.3) is 0 Å². The van der Waals surface area contributed by atoms with E-state index in [2.05, 4.69) is 14.7 Å². The van der Waals surface area contributed by atoms with Gasteiger partial charge < -0.3 is 20.8 Å². The van der Waals surface area contributed by atoms with E-state index in [1.165, 1.54) is 21.1 Å². The van der Waals surface area contributed by atoms with E-state index in [4.69, 9.17) is 18.9 Å². The van der Waals surface area contributed by atoms with Crippen LogP contribution in [0.3, 0.4) is 0 Å². The lowest BCUT2D eigenvalue weighted by Crippen LogP contribution is -2.30. The molecule has 2 aliphatic rings. The molecule has 4 N–H and O–H groups in total. The molecule has 0 unspecified atom stereocenters. The number of nitrogens with two attached hydrogens (primary N) is 1. The van der Waals surface area contributed by atoms with Crippen molar-refractivity contribution in [3.63, 3.8) is 0 Å². The van der Waals surface area contributed by atoms with Gasteiger partial charge in [0.1, 0.15) is 5.00 Å². The van der Waals surface area contributed by atoms with Crippen molar-refractivity contribution >= 4 is 50.4 Å². The molecule has 182 valence electrons. The van der Waals surface area contributed by atoms with E-state index in [-0.39, 0.29) is 24.0 Å². The SMILES string of the molecule is [C-]#[N+]c1c(N)sc2c1[C@@](C)(CO)CCC2.[C-]#[N+]c1c(N=CN(C)C)sc2c1[C@@](C)(CO)CCC2. The van der Waals surface area contributed by atoms with Gasteiger partial charge in [0.05, 0.1) is 37.7 Å². The van der Waals surface area contributed by atoms with Gasteiger partial charge in [-0.1, -0.05) is 13.8 Å². The van der Waals surface area contributed by atoms with Crippen molar-refractivity contribution in [2.45, 2.75) is 63.2 Å². The highest BCUT2D eigenvalue weighted by Crippen LogP contribution is 2.52. The second-order valence-corrected chi connectivity index (χ2v) is 12.0. The van der Waals surface area contributed by atoms with Crippen LogP contribution < -0.4 is 5.73 Å². The minimum atomic E-state index is -0.282. The van der Waals surface area contributed by atoms with E-state index < -0.39 is 0 Å². The number of fused-ring (bicyclic) bond motifs is 2. The highest BCUT2D eigenvalue weighted by atomic mass is 32.1. The van der Waals surface area contributed by atoms with Crippen LogP contribution in [0.4, 0.5) is 21.4 Å². The van der Waals surface area contributed by atoms with Crippen LogP contribution in [0.15, 0.2) is 4.99 Å². The maximum atomic E-state index is 9.70. The lowest BCUT2D eigenvalue weighted by atomic mass is 9.74. The molecule has 0 bridgehead atoms. The third-order valence-electron chi connectivity index (χ3n) is 6.72. The van der Waals surface area contributed by atoms with Crippen LogP contribution in [-0.4, -0.2) is 48.8 Å². The van der Waals surface area contributed by atoms with Crippen LogP contribution >= 0.6 is 22.7 Å². The second-order valence-electron chi connectivity index (χ2n) is 9.74. The van der Waals surface area contributed by atoms with Crippen LogP contribution in [0.2, 0.25) is 0 Å². The Morgan fingerprint density at radius 1 is 0.971 bits per heavy atom. The fourth-order valence-corrected chi connectivity index (χ4v) is 7.32. The Bertz CT molecular complexity index is 1150. The molecule has 0 amide bonds. The Morgan fingerprint density at radius 2 is 1.47 bits per heavy atom. The summed E-state index contributed by atoms with van der Waals surface area (Å²) in [6.45, 7) is 18.9. The molecular weight excluding hydrogens is 466 g/mol. The highest BCUT2D eigenvalue weighted by molar-refractivity contribution is 7.17. The number of aliphatic imine (C=N–C) groups is 1. The van der Waals surface area contributed by atoms with Crippen LogP contribution in [0.5, 0.6) is 0 Å². The summed E-state index contributed by atoms with van der Waals surface area (Å²) in [6, 6.07) is 0. The Morgan fingerprint density at radius 3 is 1.94 bits per heavy atom. The summed E-state index contributed by atoms with van der Waals surface area (Å²) < 4.78 is 0. The van der Waals surface area contributed by atoms with Crippen molar-refractivity contribution in [3.05, 3.63) is 43.7 Å². The van der Waals surface area contributed by atoms with Crippen LogP contribution in [0, 0.1) is 13.1 Å². The molecule has 2 aliphatic carbocycles. The topological polar surface area (TPSA) is 90.8 Å². The number of anilines is 1. The lowest BCUT2D eigenvalue weighted by molar-refractivity contribution is 0.190. The van der Waals surface area contributed by atoms with E-state index >= 15 is 0 Å². The summed E-state index contributed by atoms with van der Waals surface area (Å²) in [4.78, 5) is 15.9. The molecule has 9 heteroatoms. The van der Waals surface area contributed by atoms with Crippen molar-refractivity contribution in [1.82, 2.24) is 4.90 Å². The molecule has 2 aromatic rings. The monoisotopic (exact) mass is 499 g/mol. The fourth-order valence-electron chi connectivity index (χ4n) is 4.85. The molecule has 0 radical (unpaired) electrons. The molecule has 7 nitrogen and oxygen atoms in total.